The number of methoxy groups -OCH3 is 1. The first kappa shape index (κ1) is 19.2. The van der Waals surface area contributed by atoms with Crippen molar-refractivity contribution in [3.63, 3.8) is 0 Å². The predicted octanol–water partition coefficient (Wildman–Crippen LogP) is 4.38. The van der Waals surface area contributed by atoms with Crippen molar-refractivity contribution in [1.29, 1.82) is 0 Å². The van der Waals surface area contributed by atoms with E-state index in [4.69, 9.17) is 16.3 Å². The van der Waals surface area contributed by atoms with Crippen molar-refractivity contribution in [2.24, 2.45) is 0 Å². The summed E-state index contributed by atoms with van der Waals surface area (Å²) in [6.07, 6.45) is 3.29. The summed E-state index contributed by atoms with van der Waals surface area (Å²) in [5.41, 5.74) is 2.03. The standard InChI is InChI=1S/C20H18ClN3O2S/c1-26-15-10-8-14(9-11-15)17(13-6-4-3-5-7-13)23-19(25)18-16(21)12-22-20(24-18)27-2/h3-12,17H,1-2H3,(H,23,25)/t17-/m1/s1. The van der Waals surface area contributed by atoms with Crippen LogP contribution in [0.5, 0.6) is 5.75 Å². The molecule has 0 fully saturated rings. The lowest BCUT2D eigenvalue weighted by atomic mass is 9.98. The molecular weight excluding hydrogens is 382 g/mol. The van der Waals surface area contributed by atoms with E-state index >= 15 is 0 Å². The SMILES string of the molecule is COc1ccc([C@H](NC(=O)c2nc(SC)ncc2Cl)c2ccccc2)cc1. The average molecular weight is 400 g/mol. The zero-order chi connectivity index (χ0) is 19.2. The molecular formula is C20H18ClN3O2S. The van der Waals surface area contributed by atoms with Crippen LogP contribution in [0.25, 0.3) is 0 Å². The third-order valence-electron chi connectivity index (χ3n) is 3.98. The Labute approximate surface area is 167 Å². The fraction of sp³-hybridized carbons (Fsp3) is 0.150. The third kappa shape index (κ3) is 4.59. The number of aromatic nitrogens is 2. The van der Waals surface area contributed by atoms with Crippen LogP contribution >= 0.6 is 23.4 Å². The highest BCUT2D eigenvalue weighted by Gasteiger charge is 2.21. The first-order valence-corrected chi connectivity index (χ1v) is 9.79. The molecule has 1 amide bonds. The van der Waals surface area contributed by atoms with Gasteiger partial charge in [-0.25, -0.2) is 9.97 Å². The van der Waals surface area contributed by atoms with Crippen molar-refractivity contribution in [2.75, 3.05) is 13.4 Å². The minimum atomic E-state index is -0.359. The zero-order valence-electron chi connectivity index (χ0n) is 14.8. The molecule has 7 heteroatoms. The smallest absolute Gasteiger partial charge is 0.272 e. The largest absolute Gasteiger partial charge is 0.497 e. The summed E-state index contributed by atoms with van der Waals surface area (Å²) >= 11 is 7.50. The maximum atomic E-state index is 12.9. The van der Waals surface area contributed by atoms with E-state index in [2.05, 4.69) is 15.3 Å². The van der Waals surface area contributed by atoms with Crippen LogP contribution in [0.1, 0.15) is 27.7 Å². The van der Waals surface area contributed by atoms with Gasteiger partial charge in [-0.1, -0.05) is 65.8 Å². The Kier molecular flexibility index (Phi) is 6.32. The molecule has 1 aromatic heterocycles. The molecule has 0 aliphatic carbocycles. The molecule has 1 N–H and O–H groups in total. The van der Waals surface area contributed by atoms with E-state index in [-0.39, 0.29) is 22.7 Å². The Hall–Kier alpha value is -2.57. The number of carbonyl (C=O) groups is 1. The van der Waals surface area contributed by atoms with Gasteiger partial charge in [0.25, 0.3) is 5.91 Å². The van der Waals surface area contributed by atoms with Crippen LogP contribution in [0.2, 0.25) is 5.02 Å². The molecule has 0 bridgehead atoms. The minimum Gasteiger partial charge on any atom is -0.497 e. The van der Waals surface area contributed by atoms with Gasteiger partial charge >= 0.3 is 0 Å². The Bertz CT molecular complexity index is 920. The molecule has 1 heterocycles. The normalized spacial score (nSPS) is 11.7. The lowest BCUT2D eigenvalue weighted by molar-refractivity contribution is 0.0937. The lowest BCUT2D eigenvalue weighted by Gasteiger charge is -2.20. The van der Waals surface area contributed by atoms with Gasteiger partial charge in [0.2, 0.25) is 0 Å². The second kappa shape index (κ2) is 8.88. The molecule has 0 radical (unpaired) electrons. The molecule has 0 aliphatic rings. The molecule has 27 heavy (non-hydrogen) atoms. The fourth-order valence-electron chi connectivity index (χ4n) is 2.61. The van der Waals surface area contributed by atoms with Crippen LogP contribution < -0.4 is 10.1 Å². The van der Waals surface area contributed by atoms with Gasteiger partial charge in [0.05, 0.1) is 24.4 Å². The summed E-state index contributed by atoms with van der Waals surface area (Å²) in [6, 6.07) is 16.9. The number of hydrogen-bond acceptors (Lipinski definition) is 5. The van der Waals surface area contributed by atoms with Crippen LogP contribution in [0.3, 0.4) is 0 Å². The zero-order valence-corrected chi connectivity index (χ0v) is 16.4. The molecule has 3 aromatic rings. The Morgan fingerprint density at radius 3 is 2.41 bits per heavy atom. The number of hydrogen-bond donors (Lipinski definition) is 1. The van der Waals surface area contributed by atoms with E-state index in [1.54, 1.807) is 7.11 Å². The van der Waals surface area contributed by atoms with Gasteiger partial charge in [0.1, 0.15) is 5.75 Å². The molecule has 0 saturated heterocycles. The molecule has 2 aromatic carbocycles. The molecule has 3 rings (SSSR count). The number of benzene rings is 2. The van der Waals surface area contributed by atoms with Gasteiger partial charge in [0, 0.05) is 0 Å². The number of amides is 1. The molecule has 1 atom stereocenters. The highest BCUT2D eigenvalue weighted by Crippen LogP contribution is 2.25. The van der Waals surface area contributed by atoms with Crippen molar-refractivity contribution in [3.05, 3.63) is 82.6 Å². The minimum absolute atomic E-state index is 0.158. The second-order valence-corrected chi connectivity index (χ2v) is 6.82. The van der Waals surface area contributed by atoms with E-state index in [9.17, 15) is 4.79 Å². The van der Waals surface area contributed by atoms with Crippen molar-refractivity contribution < 1.29 is 9.53 Å². The number of carbonyl (C=O) groups excluding carboxylic acids is 1. The van der Waals surface area contributed by atoms with Crippen LogP contribution in [0.15, 0.2) is 66.0 Å². The topological polar surface area (TPSA) is 64.1 Å². The molecule has 138 valence electrons. The van der Waals surface area contributed by atoms with Crippen molar-refractivity contribution in [2.45, 2.75) is 11.2 Å². The van der Waals surface area contributed by atoms with E-state index in [1.165, 1.54) is 18.0 Å². The van der Waals surface area contributed by atoms with Gasteiger partial charge in [-0.05, 0) is 29.5 Å². The van der Waals surface area contributed by atoms with Crippen molar-refractivity contribution >= 4 is 29.3 Å². The Morgan fingerprint density at radius 1 is 1.11 bits per heavy atom. The molecule has 0 saturated carbocycles. The summed E-state index contributed by atoms with van der Waals surface area (Å²) in [5, 5.41) is 3.74. The van der Waals surface area contributed by atoms with Crippen LogP contribution in [0, 0.1) is 0 Å². The lowest BCUT2D eigenvalue weighted by Crippen LogP contribution is -2.30. The van der Waals surface area contributed by atoms with Crippen LogP contribution in [-0.2, 0) is 0 Å². The van der Waals surface area contributed by atoms with Gasteiger partial charge in [0.15, 0.2) is 10.9 Å². The highest BCUT2D eigenvalue weighted by molar-refractivity contribution is 7.98. The summed E-state index contributed by atoms with van der Waals surface area (Å²) in [5.74, 6) is 0.391. The number of halogens is 1. The number of nitrogens with one attached hydrogen (secondary N) is 1. The van der Waals surface area contributed by atoms with Crippen LogP contribution in [0.4, 0.5) is 0 Å². The maximum absolute atomic E-state index is 12.9. The highest BCUT2D eigenvalue weighted by atomic mass is 35.5. The number of nitrogens with zero attached hydrogens (tertiary/aromatic N) is 2. The van der Waals surface area contributed by atoms with Crippen molar-refractivity contribution in [1.82, 2.24) is 15.3 Å². The van der Waals surface area contributed by atoms with Gasteiger partial charge in [-0.15, -0.1) is 0 Å². The molecule has 5 nitrogen and oxygen atoms in total. The number of rotatable bonds is 6. The first-order valence-electron chi connectivity index (χ1n) is 8.18. The average Bonchev–Trinajstić information content (AvgIpc) is 2.73. The van der Waals surface area contributed by atoms with Crippen LogP contribution in [-0.4, -0.2) is 29.2 Å². The summed E-state index contributed by atoms with van der Waals surface area (Å²) < 4.78 is 5.22. The van der Waals surface area contributed by atoms with Gasteiger partial charge in [-0.2, -0.15) is 0 Å². The van der Waals surface area contributed by atoms with E-state index in [0.29, 0.717) is 5.16 Å². The summed E-state index contributed by atoms with van der Waals surface area (Å²) in [6.45, 7) is 0. The number of thioether (sulfide) groups is 1. The molecule has 0 unspecified atom stereocenters. The first-order chi connectivity index (χ1) is 13.1. The van der Waals surface area contributed by atoms with Gasteiger partial charge in [-0.3, -0.25) is 4.79 Å². The maximum Gasteiger partial charge on any atom is 0.272 e. The quantitative estimate of drug-likeness (QED) is 0.492. The number of ether oxygens (including phenoxy) is 1. The molecule has 0 spiro atoms. The van der Waals surface area contributed by atoms with E-state index in [1.807, 2.05) is 60.9 Å². The van der Waals surface area contributed by atoms with E-state index in [0.717, 1.165) is 16.9 Å². The monoisotopic (exact) mass is 399 g/mol. The third-order valence-corrected chi connectivity index (χ3v) is 4.82. The van der Waals surface area contributed by atoms with Crippen molar-refractivity contribution in [3.8, 4) is 5.75 Å². The predicted molar refractivity (Wildman–Crippen MR) is 108 cm³/mol. The Morgan fingerprint density at radius 2 is 1.78 bits per heavy atom. The Balaban J connectivity index is 1.95. The van der Waals surface area contributed by atoms with E-state index < -0.39 is 0 Å². The summed E-state index contributed by atoms with van der Waals surface area (Å²) in [4.78, 5) is 21.2. The fourth-order valence-corrected chi connectivity index (χ4v) is 3.13. The molecule has 0 aliphatic heterocycles. The summed E-state index contributed by atoms with van der Waals surface area (Å²) in [7, 11) is 1.62. The second-order valence-electron chi connectivity index (χ2n) is 5.64. The van der Waals surface area contributed by atoms with Gasteiger partial charge < -0.3 is 10.1 Å².